The maximum atomic E-state index is 12.2. The van der Waals surface area contributed by atoms with Crippen molar-refractivity contribution in [3.05, 3.63) is 24.7 Å². The van der Waals surface area contributed by atoms with Gasteiger partial charge >= 0.3 is 6.98 Å². The van der Waals surface area contributed by atoms with Crippen LogP contribution in [0.15, 0.2) is 24.7 Å². The van der Waals surface area contributed by atoms with Crippen LogP contribution in [0.1, 0.15) is 0 Å². The minimum Gasteiger partial charge on any atom is -0.445 e. The zero-order chi connectivity index (χ0) is 9.47. The molecule has 0 radical (unpaired) electrons. The van der Waals surface area contributed by atoms with Gasteiger partial charge in [-0.05, 0) is 6.07 Å². The summed E-state index contributed by atoms with van der Waals surface area (Å²) in [6.07, 6.45) is 2.64. The van der Waals surface area contributed by atoms with Crippen molar-refractivity contribution in [2.45, 2.75) is 0 Å². The largest absolute Gasteiger partial charge is 0.509 e. The lowest BCUT2D eigenvalue weighted by Gasteiger charge is -2.13. The number of hydrogen-bond donors (Lipinski definition) is 0. The molecule has 0 aliphatic rings. The minimum atomic E-state index is -4.95. The quantitative estimate of drug-likeness (QED) is 0.616. The lowest BCUT2D eigenvalue weighted by Crippen LogP contribution is -2.34. The Labute approximate surface area is 71.3 Å². The van der Waals surface area contributed by atoms with Crippen LogP contribution in [-0.2, 0) is 0 Å². The molecule has 13 heavy (non-hydrogen) atoms. The van der Waals surface area contributed by atoms with Crippen LogP contribution in [0, 0.1) is 0 Å². The van der Waals surface area contributed by atoms with Crippen molar-refractivity contribution in [1.29, 1.82) is 0 Å². The molecular formula is C6H4BF3N3-. The molecule has 0 atom stereocenters. The average molecular weight is 186 g/mol. The molecule has 68 valence electrons. The number of rotatable bonds is 1. The lowest BCUT2D eigenvalue weighted by atomic mass is 9.81. The number of nitrogens with zero attached hydrogens (tertiary/aromatic N) is 3. The predicted molar refractivity (Wildman–Crippen MR) is 41.7 cm³/mol. The standard InChI is InChI=1S/C6H4BF3N3/c8-7(9,10)5-1-2-13-4-11-12-6(13)3-5/h1-4H/q-1. The molecule has 2 aromatic rings. The highest BCUT2D eigenvalue weighted by molar-refractivity contribution is 6.73. The maximum absolute atomic E-state index is 12.2. The van der Waals surface area contributed by atoms with Gasteiger partial charge in [-0.3, -0.25) is 4.40 Å². The van der Waals surface area contributed by atoms with E-state index < -0.39 is 12.4 Å². The van der Waals surface area contributed by atoms with E-state index in [-0.39, 0.29) is 5.65 Å². The summed E-state index contributed by atoms with van der Waals surface area (Å²) in [5, 5.41) is 6.99. The Morgan fingerprint density at radius 3 is 2.77 bits per heavy atom. The number of pyridine rings is 1. The Kier molecular flexibility index (Phi) is 1.54. The zero-order valence-corrected chi connectivity index (χ0v) is 6.36. The van der Waals surface area contributed by atoms with Crippen LogP contribution in [0.25, 0.3) is 5.65 Å². The van der Waals surface area contributed by atoms with Gasteiger partial charge in [-0.1, -0.05) is 6.07 Å². The number of fused-ring (bicyclic) bond motifs is 1. The SMILES string of the molecule is F[B-](F)(F)c1ccn2cnnc2c1. The minimum absolute atomic E-state index is 0.205. The van der Waals surface area contributed by atoms with Crippen molar-refractivity contribution in [2.75, 3.05) is 0 Å². The molecule has 3 nitrogen and oxygen atoms in total. The summed E-state index contributed by atoms with van der Waals surface area (Å²) in [4.78, 5) is 0. The Hall–Kier alpha value is -1.53. The Morgan fingerprint density at radius 2 is 2.08 bits per heavy atom. The fourth-order valence-corrected chi connectivity index (χ4v) is 1.04. The van der Waals surface area contributed by atoms with E-state index in [4.69, 9.17) is 0 Å². The summed E-state index contributed by atoms with van der Waals surface area (Å²) in [7, 11) is 0. The van der Waals surface area contributed by atoms with Crippen molar-refractivity contribution in [2.24, 2.45) is 0 Å². The number of aromatic nitrogens is 3. The molecular weight excluding hydrogens is 182 g/mol. The molecule has 0 aliphatic carbocycles. The van der Waals surface area contributed by atoms with E-state index in [1.54, 1.807) is 0 Å². The summed E-state index contributed by atoms with van der Waals surface area (Å²) in [5.41, 5.74) is -0.447. The van der Waals surface area contributed by atoms with Gasteiger partial charge in [0.25, 0.3) is 0 Å². The second-order valence-corrected chi connectivity index (χ2v) is 2.63. The van der Waals surface area contributed by atoms with E-state index >= 15 is 0 Å². The third-order valence-electron chi connectivity index (χ3n) is 1.70. The van der Waals surface area contributed by atoms with Gasteiger partial charge in [-0.2, -0.15) is 0 Å². The Bertz CT molecular complexity index is 436. The van der Waals surface area contributed by atoms with Crippen LogP contribution in [0.3, 0.4) is 0 Å². The van der Waals surface area contributed by atoms with Gasteiger partial charge in [0.1, 0.15) is 6.33 Å². The van der Waals surface area contributed by atoms with Gasteiger partial charge in [0, 0.05) is 6.20 Å². The second kappa shape index (κ2) is 2.48. The molecule has 2 aromatic heterocycles. The summed E-state index contributed by atoms with van der Waals surface area (Å²) in [6.45, 7) is -4.95. The third kappa shape index (κ3) is 1.37. The van der Waals surface area contributed by atoms with Crippen LogP contribution in [0.2, 0.25) is 0 Å². The van der Waals surface area contributed by atoms with E-state index in [1.165, 1.54) is 16.9 Å². The molecule has 7 heteroatoms. The first-order valence-corrected chi connectivity index (χ1v) is 3.56. The van der Waals surface area contributed by atoms with E-state index in [0.717, 1.165) is 12.1 Å². The molecule has 2 rings (SSSR count). The van der Waals surface area contributed by atoms with Gasteiger partial charge in [0.15, 0.2) is 5.65 Å². The maximum Gasteiger partial charge on any atom is 0.509 e. The molecule has 2 heterocycles. The molecule has 0 unspecified atom stereocenters. The first kappa shape index (κ1) is 8.09. The fourth-order valence-electron chi connectivity index (χ4n) is 1.04. The first-order chi connectivity index (χ1) is 6.07. The van der Waals surface area contributed by atoms with Gasteiger partial charge in [-0.25, -0.2) is 0 Å². The predicted octanol–water partition coefficient (Wildman–Crippen LogP) is 0.784. The van der Waals surface area contributed by atoms with Crippen LogP contribution >= 0.6 is 0 Å². The van der Waals surface area contributed by atoms with E-state index in [0.29, 0.717) is 0 Å². The van der Waals surface area contributed by atoms with Crippen molar-refractivity contribution in [3.8, 4) is 0 Å². The molecule has 0 amide bonds. The molecule has 0 aromatic carbocycles. The highest BCUT2D eigenvalue weighted by Crippen LogP contribution is 2.09. The highest BCUT2D eigenvalue weighted by Gasteiger charge is 2.25. The van der Waals surface area contributed by atoms with Crippen molar-refractivity contribution >= 4 is 18.1 Å². The van der Waals surface area contributed by atoms with Crippen molar-refractivity contribution in [3.63, 3.8) is 0 Å². The van der Waals surface area contributed by atoms with Gasteiger partial charge < -0.3 is 12.9 Å². The van der Waals surface area contributed by atoms with Crippen LogP contribution in [0.5, 0.6) is 0 Å². The summed E-state index contributed by atoms with van der Waals surface area (Å²) in [6, 6.07) is 1.99. The average Bonchev–Trinajstić information content (AvgIpc) is 2.47. The van der Waals surface area contributed by atoms with E-state index in [2.05, 4.69) is 10.2 Å². The monoisotopic (exact) mass is 186 g/mol. The molecule has 0 saturated heterocycles. The van der Waals surface area contributed by atoms with Gasteiger partial charge in [-0.15, -0.1) is 15.7 Å². The molecule has 0 fully saturated rings. The Morgan fingerprint density at radius 1 is 1.31 bits per heavy atom. The topological polar surface area (TPSA) is 30.2 Å². The zero-order valence-electron chi connectivity index (χ0n) is 6.36. The van der Waals surface area contributed by atoms with Crippen LogP contribution in [0.4, 0.5) is 12.9 Å². The lowest BCUT2D eigenvalue weighted by molar-refractivity contribution is 0.501. The van der Waals surface area contributed by atoms with Crippen LogP contribution in [-0.4, -0.2) is 21.6 Å². The van der Waals surface area contributed by atoms with Gasteiger partial charge in [0.05, 0.1) is 0 Å². The molecule has 0 bridgehead atoms. The molecule has 0 saturated carbocycles. The smallest absolute Gasteiger partial charge is 0.445 e. The number of halogens is 3. The van der Waals surface area contributed by atoms with Gasteiger partial charge in [0.2, 0.25) is 0 Å². The summed E-state index contributed by atoms with van der Waals surface area (Å²) in [5.74, 6) is 0. The summed E-state index contributed by atoms with van der Waals surface area (Å²) < 4.78 is 38.1. The third-order valence-corrected chi connectivity index (χ3v) is 1.70. The summed E-state index contributed by atoms with van der Waals surface area (Å²) >= 11 is 0. The van der Waals surface area contributed by atoms with Crippen molar-refractivity contribution in [1.82, 2.24) is 14.6 Å². The first-order valence-electron chi connectivity index (χ1n) is 3.56. The number of hydrogen-bond acceptors (Lipinski definition) is 2. The Balaban J connectivity index is 2.61. The van der Waals surface area contributed by atoms with E-state index in [9.17, 15) is 12.9 Å². The highest BCUT2D eigenvalue weighted by atomic mass is 19.4. The van der Waals surface area contributed by atoms with E-state index in [1.807, 2.05) is 0 Å². The molecule has 0 N–H and O–H groups in total. The fraction of sp³-hybridized carbons (Fsp3) is 0. The molecule has 0 spiro atoms. The molecule has 0 aliphatic heterocycles. The second-order valence-electron chi connectivity index (χ2n) is 2.63. The van der Waals surface area contributed by atoms with Crippen molar-refractivity contribution < 1.29 is 12.9 Å². The van der Waals surface area contributed by atoms with Crippen LogP contribution < -0.4 is 5.46 Å². The normalized spacial score (nSPS) is 12.2.